The second-order valence-corrected chi connectivity index (χ2v) is 4.02. The fourth-order valence-electron chi connectivity index (χ4n) is 1.08. The maximum atomic E-state index is 11.9. The quantitative estimate of drug-likeness (QED) is 0.713. The summed E-state index contributed by atoms with van der Waals surface area (Å²) in [5, 5.41) is 0. The van der Waals surface area contributed by atoms with E-state index in [1.165, 1.54) is 12.8 Å². The Labute approximate surface area is 105 Å². The molecule has 14 heavy (non-hydrogen) atoms. The molecule has 1 aliphatic heterocycles. The molecule has 0 spiro atoms. The summed E-state index contributed by atoms with van der Waals surface area (Å²) in [7, 11) is 0. The van der Waals surface area contributed by atoms with Crippen molar-refractivity contribution in [3.05, 3.63) is 30.3 Å². The van der Waals surface area contributed by atoms with Crippen LogP contribution in [0.1, 0.15) is 12.8 Å². The molecular weight excluding hydrogens is 259 g/mol. The molecule has 0 atom stereocenters. The zero-order valence-corrected chi connectivity index (χ0v) is 11.2. The van der Waals surface area contributed by atoms with Gasteiger partial charge in [0, 0.05) is 13.2 Å². The highest BCUT2D eigenvalue weighted by molar-refractivity contribution is 8.93. The Kier molecular flexibility index (Phi) is 10.1. The third kappa shape index (κ3) is 6.76. The summed E-state index contributed by atoms with van der Waals surface area (Å²) in [5.41, 5.74) is 0. The van der Waals surface area contributed by atoms with E-state index in [2.05, 4.69) is 0 Å². The molecule has 1 saturated heterocycles. The van der Waals surface area contributed by atoms with Crippen LogP contribution in [-0.2, 0) is 4.74 Å². The van der Waals surface area contributed by atoms with E-state index >= 15 is 0 Å². The van der Waals surface area contributed by atoms with Gasteiger partial charge in [0.05, 0.1) is 0 Å². The summed E-state index contributed by atoms with van der Waals surface area (Å²) < 4.78 is 17.7. The fraction of sp³-hybridized carbons (Fsp3) is 0.400. The van der Waals surface area contributed by atoms with Crippen molar-refractivity contribution in [2.45, 2.75) is 12.8 Å². The van der Waals surface area contributed by atoms with E-state index < -0.39 is 20.9 Å². The number of rotatable bonds is 1. The normalized spacial score (nSPS) is 13.2. The SMILES string of the molecule is Br.C1CCOC1.[F][Mg][c]1ccccc1. The number of benzene rings is 1. The van der Waals surface area contributed by atoms with Gasteiger partial charge in [-0.3, -0.25) is 0 Å². The Hall–Kier alpha value is 0.356. The largest absolute Gasteiger partial charge is 0.652 e. The van der Waals surface area contributed by atoms with Gasteiger partial charge in [-0.05, 0) is 12.8 Å². The van der Waals surface area contributed by atoms with Gasteiger partial charge in [0.1, 0.15) is 0 Å². The van der Waals surface area contributed by atoms with Crippen LogP contribution in [0.15, 0.2) is 30.3 Å². The first kappa shape index (κ1) is 14.4. The molecule has 0 amide bonds. The Morgan fingerprint density at radius 3 is 1.93 bits per heavy atom. The lowest BCUT2D eigenvalue weighted by molar-refractivity contribution is 0.198. The predicted molar refractivity (Wildman–Crippen MR) is 63.3 cm³/mol. The summed E-state index contributed by atoms with van der Waals surface area (Å²) in [6.45, 7) is 2.00. The van der Waals surface area contributed by atoms with Gasteiger partial charge in [0.25, 0.3) is 0 Å². The molecule has 0 radical (unpaired) electrons. The molecule has 76 valence electrons. The van der Waals surface area contributed by atoms with Crippen molar-refractivity contribution >= 4 is 41.6 Å². The Bertz CT molecular complexity index is 209. The molecule has 0 bridgehead atoms. The van der Waals surface area contributed by atoms with Gasteiger partial charge in [-0.25, -0.2) is 0 Å². The van der Waals surface area contributed by atoms with Crippen molar-refractivity contribution in [1.82, 2.24) is 0 Å². The number of ether oxygens (including phenoxy) is 1. The molecule has 0 saturated carbocycles. The second kappa shape index (κ2) is 9.89. The van der Waals surface area contributed by atoms with Crippen LogP contribution >= 0.6 is 17.0 Å². The van der Waals surface area contributed by atoms with Crippen LogP contribution in [0.25, 0.3) is 0 Å². The average molecular weight is 273 g/mol. The van der Waals surface area contributed by atoms with E-state index in [9.17, 15) is 2.96 Å². The predicted octanol–water partition coefficient (Wildman–Crippen LogP) is 2.28. The van der Waals surface area contributed by atoms with Crippen molar-refractivity contribution in [1.29, 1.82) is 0 Å². The summed E-state index contributed by atoms with van der Waals surface area (Å²) in [5.74, 6) is 0. The molecule has 1 aromatic carbocycles. The third-order valence-electron chi connectivity index (χ3n) is 1.82. The third-order valence-corrected chi connectivity index (χ3v) is 2.60. The molecule has 0 N–H and O–H groups in total. The van der Waals surface area contributed by atoms with Crippen LogP contribution in [0.2, 0.25) is 0 Å². The first-order valence-corrected chi connectivity index (χ1v) is 5.85. The van der Waals surface area contributed by atoms with Gasteiger partial charge in [0.2, 0.25) is 0 Å². The standard InChI is InChI=1S/C6H5.C4H8O.BrH.FH.Mg/c1-2-4-6-5-3-1;1-2-4-5-3-1;;;/h1-5H;1-4H2;2*1H;/q;;;;+1/p-1. The Balaban J connectivity index is 0.000000246. The summed E-state index contributed by atoms with van der Waals surface area (Å²) in [6, 6.07) is 9.27. The van der Waals surface area contributed by atoms with Crippen molar-refractivity contribution in [3.8, 4) is 0 Å². The molecule has 0 aromatic heterocycles. The Morgan fingerprint density at radius 1 is 1.07 bits per heavy atom. The molecule has 2 rings (SSSR count). The monoisotopic (exact) mass is 272 g/mol. The average Bonchev–Trinajstić information content (AvgIpc) is 2.77. The first-order valence-electron chi connectivity index (χ1n) is 4.61. The van der Waals surface area contributed by atoms with E-state index in [0.717, 1.165) is 16.9 Å². The second-order valence-electron chi connectivity index (χ2n) is 2.94. The highest BCUT2D eigenvalue weighted by Gasteiger charge is 1.94. The van der Waals surface area contributed by atoms with E-state index in [0.29, 0.717) is 0 Å². The molecular formula is C10H14BrFMgO. The zero-order valence-electron chi connectivity index (χ0n) is 8.12. The van der Waals surface area contributed by atoms with Crippen molar-refractivity contribution in [2.24, 2.45) is 0 Å². The molecule has 4 heteroatoms. The van der Waals surface area contributed by atoms with Gasteiger partial charge in [-0.2, -0.15) is 0 Å². The van der Waals surface area contributed by atoms with E-state index in [4.69, 9.17) is 4.74 Å². The fourth-order valence-corrected chi connectivity index (χ4v) is 1.53. The maximum Gasteiger partial charge on any atom is 0.652 e. The van der Waals surface area contributed by atoms with Crippen LogP contribution in [0.3, 0.4) is 0 Å². The van der Waals surface area contributed by atoms with Gasteiger partial charge in [0.15, 0.2) is 0 Å². The smallest absolute Gasteiger partial charge is 0.475 e. The molecule has 1 aliphatic rings. The van der Waals surface area contributed by atoms with E-state index in [-0.39, 0.29) is 17.0 Å². The summed E-state index contributed by atoms with van der Waals surface area (Å²) in [4.78, 5) is 0. The Morgan fingerprint density at radius 2 is 1.64 bits per heavy atom. The lowest BCUT2D eigenvalue weighted by Crippen LogP contribution is -2.06. The lowest BCUT2D eigenvalue weighted by Gasteiger charge is -1.86. The van der Waals surface area contributed by atoms with E-state index in [1.54, 1.807) is 0 Å². The molecule has 1 heterocycles. The minimum atomic E-state index is -1.41. The topological polar surface area (TPSA) is 9.23 Å². The highest BCUT2D eigenvalue weighted by atomic mass is 79.9. The molecule has 1 nitrogen and oxygen atoms in total. The van der Waals surface area contributed by atoms with Crippen LogP contribution in [0.4, 0.5) is 2.96 Å². The maximum absolute atomic E-state index is 11.9. The first-order chi connectivity index (χ1) is 6.43. The number of hydrogen-bond donors (Lipinski definition) is 0. The van der Waals surface area contributed by atoms with Gasteiger partial charge < -0.3 is 7.69 Å². The summed E-state index contributed by atoms with van der Waals surface area (Å²) in [6.07, 6.45) is 2.56. The van der Waals surface area contributed by atoms with Crippen molar-refractivity contribution < 1.29 is 7.69 Å². The highest BCUT2D eigenvalue weighted by Crippen LogP contribution is 1.98. The molecule has 1 aromatic rings. The van der Waals surface area contributed by atoms with Gasteiger partial charge >= 0.3 is 20.9 Å². The summed E-state index contributed by atoms with van der Waals surface area (Å²) >= 11 is -1.41. The molecule has 1 fully saturated rings. The van der Waals surface area contributed by atoms with Gasteiger partial charge in [-0.1, -0.05) is 30.3 Å². The minimum Gasteiger partial charge on any atom is -0.475 e. The van der Waals surface area contributed by atoms with Crippen molar-refractivity contribution in [2.75, 3.05) is 13.2 Å². The van der Waals surface area contributed by atoms with Crippen LogP contribution in [-0.4, -0.2) is 34.1 Å². The van der Waals surface area contributed by atoms with Gasteiger partial charge in [-0.15, -0.1) is 20.7 Å². The molecule has 0 aliphatic carbocycles. The molecule has 0 unspecified atom stereocenters. The zero-order chi connectivity index (χ0) is 9.36. The number of hydrogen-bond acceptors (Lipinski definition) is 1. The van der Waals surface area contributed by atoms with Crippen molar-refractivity contribution in [3.63, 3.8) is 0 Å². The van der Waals surface area contributed by atoms with Crippen LogP contribution in [0.5, 0.6) is 0 Å². The minimum absolute atomic E-state index is 0. The number of halogens is 2. The van der Waals surface area contributed by atoms with Crippen LogP contribution in [0, 0.1) is 0 Å². The van der Waals surface area contributed by atoms with Crippen LogP contribution < -0.4 is 3.69 Å². The lowest BCUT2D eigenvalue weighted by atomic mass is 10.4. The van der Waals surface area contributed by atoms with E-state index in [1.807, 2.05) is 30.3 Å².